The SMILES string of the molecule is COc1cccc(CC(=O)Nc2ccc(C)c(S(N)(=O)=O)c2)c1. The van der Waals surface area contributed by atoms with Crippen molar-refractivity contribution < 1.29 is 17.9 Å². The second-order valence-corrected chi connectivity index (χ2v) is 6.63. The number of amides is 1. The quantitative estimate of drug-likeness (QED) is 0.871. The van der Waals surface area contributed by atoms with Gasteiger partial charge < -0.3 is 10.1 Å². The molecule has 3 N–H and O–H groups in total. The Morgan fingerprint density at radius 2 is 1.96 bits per heavy atom. The summed E-state index contributed by atoms with van der Waals surface area (Å²) in [6, 6.07) is 11.8. The van der Waals surface area contributed by atoms with Crippen LogP contribution in [0.15, 0.2) is 47.4 Å². The van der Waals surface area contributed by atoms with Crippen molar-refractivity contribution in [3.8, 4) is 5.75 Å². The molecule has 0 heterocycles. The maximum atomic E-state index is 12.1. The Morgan fingerprint density at radius 1 is 1.22 bits per heavy atom. The number of aryl methyl sites for hydroxylation is 1. The zero-order chi connectivity index (χ0) is 17.0. The summed E-state index contributed by atoms with van der Waals surface area (Å²) in [5, 5.41) is 7.83. The van der Waals surface area contributed by atoms with Crippen LogP contribution in [-0.2, 0) is 21.2 Å². The molecule has 0 spiro atoms. The van der Waals surface area contributed by atoms with Crippen LogP contribution in [0.1, 0.15) is 11.1 Å². The van der Waals surface area contributed by atoms with E-state index in [-0.39, 0.29) is 17.2 Å². The summed E-state index contributed by atoms with van der Waals surface area (Å²) in [5.74, 6) is 0.407. The highest BCUT2D eigenvalue weighted by molar-refractivity contribution is 7.89. The van der Waals surface area contributed by atoms with Crippen LogP contribution in [-0.4, -0.2) is 21.4 Å². The minimum absolute atomic E-state index is 0.00307. The predicted molar refractivity (Wildman–Crippen MR) is 87.9 cm³/mol. The molecule has 0 atom stereocenters. The van der Waals surface area contributed by atoms with E-state index in [0.29, 0.717) is 17.0 Å². The molecule has 2 aromatic rings. The lowest BCUT2D eigenvalue weighted by atomic mass is 10.1. The molecule has 0 aliphatic rings. The number of primary sulfonamides is 1. The summed E-state index contributed by atoms with van der Waals surface area (Å²) in [6.07, 6.45) is 0.149. The minimum atomic E-state index is -3.83. The maximum absolute atomic E-state index is 12.1. The third-order valence-electron chi connectivity index (χ3n) is 3.28. The number of carbonyl (C=O) groups excluding carboxylic acids is 1. The average molecular weight is 334 g/mol. The predicted octanol–water partition coefficient (Wildman–Crippen LogP) is 1.83. The number of ether oxygens (including phenoxy) is 1. The van der Waals surface area contributed by atoms with Crippen molar-refractivity contribution in [2.75, 3.05) is 12.4 Å². The van der Waals surface area contributed by atoms with Gasteiger partial charge in [-0.3, -0.25) is 4.79 Å². The van der Waals surface area contributed by atoms with E-state index >= 15 is 0 Å². The Hall–Kier alpha value is -2.38. The van der Waals surface area contributed by atoms with E-state index in [1.807, 2.05) is 6.07 Å². The zero-order valence-electron chi connectivity index (χ0n) is 12.9. The van der Waals surface area contributed by atoms with Gasteiger partial charge in [0.05, 0.1) is 18.4 Å². The summed E-state index contributed by atoms with van der Waals surface area (Å²) in [4.78, 5) is 12.1. The highest BCUT2D eigenvalue weighted by atomic mass is 32.2. The highest BCUT2D eigenvalue weighted by Gasteiger charge is 2.13. The molecule has 0 aromatic heterocycles. The lowest BCUT2D eigenvalue weighted by Crippen LogP contribution is -2.17. The second kappa shape index (κ2) is 6.80. The molecule has 2 aromatic carbocycles. The fourth-order valence-corrected chi connectivity index (χ4v) is 2.97. The van der Waals surface area contributed by atoms with E-state index in [4.69, 9.17) is 9.88 Å². The van der Waals surface area contributed by atoms with Gasteiger partial charge in [-0.1, -0.05) is 18.2 Å². The first-order valence-electron chi connectivity index (χ1n) is 6.86. The largest absolute Gasteiger partial charge is 0.497 e. The van der Waals surface area contributed by atoms with Crippen LogP contribution in [0, 0.1) is 6.92 Å². The molecule has 122 valence electrons. The third kappa shape index (κ3) is 4.54. The third-order valence-corrected chi connectivity index (χ3v) is 4.33. The summed E-state index contributed by atoms with van der Waals surface area (Å²) < 4.78 is 28.1. The lowest BCUT2D eigenvalue weighted by Gasteiger charge is -2.09. The van der Waals surface area contributed by atoms with Crippen LogP contribution in [0.2, 0.25) is 0 Å². The summed E-state index contributed by atoms with van der Waals surface area (Å²) >= 11 is 0. The molecule has 0 fully saturated rings. The van der Waals surface area contributed by atoms with Crippen LogP contribution in [0.4, 0.5) is 5.69 Å². The van der Waals surface area contributed by atoms with Crippen LogP contribution in [0.3, 0.4) is 0 Å². The minimum Gasteiger partial charge on any atom is -0.497 e. The Labute approximate surface area is 135 Å². The molecule has 7 heteroatoms. The van der Waals surface area contributed by atoms with Crippen molar-refractivity contribution in [2.45, 2.75) is 18.2 Å². The van der Waals surface area contributed by atoms with E-state index in [1.165, 1.54) is 6.07 Å². The number of nitrogens with two attached hydrogens (primary N) is 1. The second-order valence-electron chi connectivity index (χ2n) is 5.10. The Bertz CT molecular complexity index is 832. The smallest absolute Gasteiger partial charge is 0.238 e. The fourth-order valence-electron chi connectivity index (χ4n) is 2.16. The number of carbonyl (C=O) groups is 1. The number of sulfonamides is 1. The topological polar surface area (TPSA) is 98.5 Å². The summed E-state index contributed by atoms with van der Waals surface area (Å²) in [6.45, 7) is 1.64. The molecule has 0 aliphatic carbocycles. The van der Waals surface area contributed by atoms with Gasteiger partial charge in [-0.05, 0) is 42.3 Å². The Kier molecular flexibility index (Phi) is 5.02. The van der Waals surface area contributed by atoms with E-state index < -0.39 is 10.0 Å². The Morgan fingerprint density at radius 3 is 2.61 bits per heavy atom. The summed E-state index contributed by atoms with van der Waals surface area (Å²) in [7, 11) is -2.27. The number of nitrogens with one attached hydrogen (secondary N) is 1. The molecule has 2 rings (SSSR count). The first-order chi connectivity index (χ1) is 10.8. The molecule has 0 unspecified atom stereocenters. The van der Waals surface area contributed by atoms with Crippen molar-refractivity contribution in [1.82, 2.24) is 0 Å². The molecule has 0 bridgehead atoms. The van der Waals surface area contributed by atoms with Crippen molar-refractivity contribution in [1.29, 1.82) is 0 Å². The standard InChI is InChI=1S/C16H18N2O4S/c1-11-6-7-13(10-15(11)23(17,20)21)18-16(19)9-12-4-3-5-14(8-12)22-2/h3-8,10H,9H2,1-2H3,(H,18,19)(H2,17,20,21). The van der Waals surface area contributed by atoms with Gasteiger partial charge in [-0.25, -0.2) is 13.6 Å². The van der Waals surface area contributed by atoms with Gasteiger partial charge in [-0.15, -0.1) is 0 Å². The molecule has 23 heavy (non-hydrogen) atoms. The van der Waals surface area contributed by atoms with E-state index in [9.17, 15) is 13.2 Å². The van der Waals surface area contributed by atoms with Gasteiger partial charge in [0.2, 0.25) is 15.9 Å². The van der Waals surface area contributed by atoms with Gasteiger partial charge >= 0.3 is 0 Å². The van der Waals surface area contributed by atoms with E-state index in [2.05, 4.69) is 5.32 Å². The molecular weight excluding hydrogens is 316 g/mol. The molecule has 0 saturated heterocycles. The van der Waals surface area contributed by atoms with Gasteiger partial charge in [0, 0.05) is 5.69 Å². The first kappa shape index (κ1) is 17.0. The number of benzene rings is 2. The van der Waals surface area contributed by atoms with Crippen LogP contribution in [0.25, 0.3) is 0 Å². The lowest BCUT2D eigenvalue weighted by molar-refractivity contribution is -0.115. The average Bonchev–Trinajstić information content (AvgIpc) is 2.48. The number of hydrogen-bond donors (Lipinski definition) is 2. The molecule has 0 aliphatic heterocycles. The molecule has 0 radical (unpaired) electrons. The summed E-state index contributed by atoms with van der Waals surface area (Å²) in [5.41, 5.74) is 1.70. The normalized spacial score (nSPS) is 11.1. The molecule has 0 saturated carbocycles. The van der Waals surface area contributed by atoms with Crippen LogP contribution >= 0.6 is 0 Å². The van der Waals surface area contributed by atoms with E-state index in [0.717, 1.165) is 5.56 Å². The molecular formula is C16H18N2O4S. The monoisotopic (exact) mass is 334 g/mol. The number of anilines is 1. The van der Waals surface area contributed by atoms with Gasteiger partial charge in [0.15, 0.2) is 0 Å². The highest BCUT2D eigenvalue weighted by Crippen LogP contribution is 2.19. The van der Waals surface area contributed by atoms with Gasteiger partial charge in [0.1, 0.15) is 5.75 Å². The maximum Gasteiger partial charge on any atom is 0.238 e. The fraction of sp³-hybridized carbons (Fsp3) is 0.188. The number of hydrogen-bond acceptors (Lipinski definition) is 4. The molecule has 1 amide bonds. The van der Waals surface area contributed by atoms with Crippen molar-refractivity contribution >= 4 is 21.6 Å². The molecule has 6 nitrogen and oxygen atoms in total. The van der Waals surface area contributed by atoms with Gasteiger partial charge in [-0.2, -0.15) is 0 Å². The van der Waals surface area contributed by atoms with Gasteiger partial charge in [0.25, 0.3) is 0 Å². The van der Waals surface area contributed by atoms with E-state index in [1.54, 1.807) is 44.4 Å². The van der Waals surface area contributed by atoms with Crippen molar-refractivity contribution in [2.24, 2.45) is 5.14 Å². The van der Waals surface area contributed by atoms with Crippen molar-refractivity contribution in [3.63, 3.8) is 0 Å². The Balaban J connectivity index is 2.14. The number of rotatable bonds is 5. The first-order valence-corrected chi connectivity index (χ1v) is 8.40. The van der Waals surface area contributed by atoms with Crippen LogP contribution in [0.5, 0.6) is 5.75 Å². The zero-order valence-corrected chi connectivity index (χ0v) is 13.7. The van der Waals surface area contributed by atoms with Crippen LogP contribution < -0.4 is 15.2 Å². The van der Waals surface area contributed by atoms with Crippen molar-refractivity contribution in [3.05, 3.63) is 53.6 Å². The number of methoxy groups -OCH3 is 1.